The van der Waals surface area contributed by atoms with Crippen molar-refractivity contribution in [2.45, 2.75) is 45.4 Å². The number of ether oxygens (including phenoxy) is 2. The maximum Gasteiger partial charge on any atom is 0.408 e. The zero-order valence-corrected chi connectivity index (χ0v) is 14.9. The first-order chi connectivity index (χ1) is 10.8. The highest BCUT2D eigenvalue weighted by Gasteiger charge is 2.25. The molecule has 1 aromatic carbocycles. The first-order valence-corrected chi connectivity index (χ1v) is 8.90. The Labute approximate surface area is 142 Å². The molecule has 0 saturated heterocycles. The van der Waals surface area contributed by atoms with Gasteiger partial charge in [0.15, 0.2) is 0 Å². The molecule has 0 heterocycles. The van der Waals surface area contributed by atoms with E-state index >= 15 is 0 Å². The van der Waals surface area contributed by atoms with Crippen molar-refractivity contribution in [1.29, 1.82) is 0 Å². The minimum absolute atomic E-state index is 0.186. The maximum absolute atomic E-state index is 12.2. The molecule has 1 N–H and O–H groups in total. The largest absolute Gasteiger partial charge is 0.459 e. The Morgan fingerprint density at radius 3 is 2.43 bits per heavy atom. The Morgan fingerprint density at radius 2 is 1.87 bits per heavy atom. The minimum atomic E-state index is -0.707. The van der Waals surface area contributed by atoms with Gasteiger partial charge in [-0.05, 0) is 44.8 Å². The highest BCUT2D eigenvalue weighted by molar-refractivity contribution is 7.98. The van der Waals surface area contributed by atoms with Crippen LogP contribution in [0, 0.1) is 0 Å². The molecule has 0 aromatic heterocycles. The molecule has 0 aliphatic rings. The first-order valence-electron chi connectivity index (χ1n) is 7.51. The number of rotatable bonds is 7. The molecule has 1 aromatic rings. The molecule has 1 rings (SSSR count). The number of thioether (sulfide) groups is 1. The van der Waals surface area contributed by atoms with E-state index in [1.165, 1.54) is 0 Å². The van der Waals surface area contributed by atoms with E-state index < -0.39 is 23.7 Å². The third-order valence-electron chi connectivity index (χ3n) is 2.81. The molecule has 0 saturated carbocycles. The number of benzene rings is 1. The van der Waals surface area contributed by atoms with Gasteiger partial charge in [-0.3, -0.25) is 0 Å². The molecule has 6 heteroatoms. The third kappa shape index (κ3) is 8.50. The van der Waals surface area contributed by atoms with Crippen molar-refractivity contribution in [3.8, 4) is 0 Å². The summed E-state index contributed by atoms with van der Waals surface area (Å²) in [6, 6.07) is 8.72. The predicted molar refractivity (Wildman–Crippen MR) is 92.4 cm³/mol. The fourth-order valence-corrected chi connectivity index (χ4v) is 2.24. The van der Waals surface area contributed by atoms with Gasteiger partial charge in [0, 0.05) is 0 Å². The number of carbonyl (C=O) groups is 2. The van der Waals surface area contributed by atoms with Crippen molar-refractivity contribution >= 4 is 23.8 Å². The summed E-state index contributed by atoms with van der Waals surface area (Å²) in [7, 11) is 0. The van der Waals surface area contributed by atoms with Crippen molar-refractivity contribution in [3.05, 3.63) is 35.9 Å². The van der Waals surface area contributed by atoms with Gasteiger partial charge in [0.1, 0.15) is 18.2 Å². The van der Waals surface area contributed by atoms with Gasteiger partial charge >= 0.3 is 12.1 Å². The van der Waals surface area contributed by atoms with Crippen molar-refractivity contribution in [2.75, 3.05) is 12.0 Å². The van der Waals surface area contributed by atoms with Gasteiger partial charge in [0.25, 0.3) is 0 Å². The lowest BCUT2D eigenvalue weighted by molar-refractivity contribution is -0.147. The van der Waals surface area contributed by atoms with E-state index in [0.717, 1.165) is 11.3 Å². The second-order valence-corrected chi connectivity index (χ2v) is 7.06. The average molecular weight is 339 g/mol. The molecule has 1 amide bonds. The summed E-state index contributed by atoms with van der Waals surface area (Å²) in [6.07, 6.45) is 1.83. The summed E-state index contributed by atoms with van der Waals surface area (Å²) in [5.41, 5.74) is 0.295. The van der Waals surface area contributed by atoms with Crippen LogP contribution < -0.4 is 5.32 Å². The number of hydrogen-bond donors (Lipinski definition) is 1. The fourth-order valence-electron chi connectivity index (χ4n) is 1.76. The van der Waals surface area contributed by atoms with Crippen LogP contribution in [0.5, 0.6) is 0 Å². The summed E-state index contributed by atoms with van der Waals surface area (Å²) >= 11 is 1.60. The van der Waals surface area contributed by atoms with Crippen molar-refractivity contribution in [3.63, 3.8) is 0 Å². The van der Waals surface area contributed by atoms with Gasteiger partial charge in [-0.1, -0.05) is 30.3 Å². The Balaban J connectivity index is 2.57. The predicted octanol–water partition coefficient (Wildman–Crippen LogP) is 3.38. The third-order valence-corrected chi connectivity index (χ3v) is 3.45. The SMILES string of the molecule is CSCC[C@H](NC(=O)OC(C)(C)C)C(=O)OCc1ccccc1. The lowest BCUT2D eigenvalue weighted by atomic mass is 10.2. The molecule has 23 heavy (non-hydrogen) atoms. The number of esters is 1. The standard InChI is InChI=1S/C17H25NO4S/c1-17(2,3)22-16(20)18-14(10-11-23-4)15(19)21-12-13-8-6-5-7-9-13/h5-9,14H,10-12H2,1-4H3,(H,18,20)/t14-/m0/s1. The van der Waals surface area contributed by atoms with Gasteiger partial charge in [0.2, 0.25) is 0 Å². The van der Waals surface area contributed by atoms with Crippen LogP contribution in [-0.2, 0) is 20.9 Å². The van der Waals surface area contributed by atoms with E-state index in [1.807, 2.05) is 36.6 Å². The zero-order valence-electron chi connectivity index (χ0n) is 14.1. The van der Waals surface area contributed by atoms with Crippen LogP contribution in [0.25, 0.3) is 0 Å². The molecule has 0 fully saturated rings. The maximum atomic E-state index is 12.2. The Morgan fingerprint density at radius 1 is 1.22 bits per heavy atom. The molecule has 128 valence electrons. The number of alkyl carbamates (subject to hydrolysis) is 1. The highest BCUT2D eigenvalue weighted by Crippen LogP contribution is 2.10. The first kappa shape index (κ1) is 19.4. The van der Waals surface area contributed by atoms with Crippen LogP contribution in [0.2, 0.25) is 0 Å². The van der Waals surface area contributed by atoms with E-state index in [0.29, 0.717) is 6.42 Å². The summed E-state index contributed by atoms with van der Waals surface area (Å²) in [5, 5.41) is 2.60. The van der Waals surface area contributed by atoms with Crippen LogP contribution in [0.4, 0.5) is 4.79 Å². The molecule has 0 unspecified atom stereocenters. The second-order valence-electron chi connectivity index (χ2n) is 6.07. The van der Waals surface area contributed by atoms with Crippen LogP contribution >= 0.6 is 11.8 Å². The van der Waals surface area contributed by atoms with E-state index in [-0.39, 0.29) is 6.61 Å². The molecule has 0 radical (unpaired) electrons. The summed E-state index contributed by atoms with van der Waals surface area (Å²) < 4.78 is 10.5. The normalized spacial score (nSPS) is 12.3. The number of carbonyl (C=O) groups excluding carboxylic acids is 2. The zero-order chi connectivity index (χ0) is 17.3. The van der Waals surface area contributed by atoms with Gasteiger partial charge in [-0.2, -0.15) is 11.8 Å². The smallest absolute Gasteiger partial charge is 0.408 e. The Bertz CT molecular complexity index is 499. The van der Waals surface area contributed by atoms with Crippen LogP contribution in [0.1, 0.15) is 32.8 Å². The van der Waals surface area contributed by atoms with E-state index in [4.69, 9.17) is 9.47 Å². The van der Waals surface area contributed by atoms with Crippen LogP contribution in [0.3, 0.4) is 0 Å². The topological polar surface area (TPSA) is 64.6 Å². The molecule has 1 atom stereocenters. The Hall–Kier alpha value is -1.69. The molecule has 0 aliphatic carbocycles. The molecule has 0 spiro atoms. The second kappa shape index (κ2) is 9.45. The van der Waals surface area contributed by atoms with Gasteiger partial charge in [0.05, 0.1) is 0 Å². The minimum Gasteiger partial charge on any atom is -0.459 e. The molecule has 5 nitrogen and oxygen atoms in total. The highest BCUT2D eigenvalue weighted by atomic mass is 32.2. The molecular weight excluding hydrogens is 314 g/mol. The van der Waals surface area contributed by atoms with Crippen LogP contribution in [-0.4, -0.2) is 35.7 Å². The van der Waals surface area contributed by atoms with Crippen molar-refractivity contribution in [2.24, 2.45) is 0 Å². The van der Waals surface area contributed by atoms with E-state index in [2.05, 4.69) is 5.32 Å². The van der Waals surface area contributed by atoms with Gasteiger partial charge in [-0.25, -0.2) is 9.59 Å². The number of amides is 1. The molecule has 0 aliphatic heterocycles. The fraction of sp³-hybridized carbons (Fsp3) is 0.529. The molecule has 0 bridgehead atoms. The van der Waals surface area contributed by atoms with Crippen molar-refractivity contribution < 1.29 is 19.1 Å². The van der Waals surface area contributed by atoms with E-state index in [1.54, 1.807) is 32.5 Å². The van der Waals surface area contributed by atoms with E-state index in [9.17, 15) is 9.59 Å². The number of nitrogens with one attached hydrogen (secondary N) is 1. The molecular formula is C17H25NO4S. The average Bonchev–Trinajstić information content (AvgIpc) is 2.48. The monoisotopic (exact) mass is 339 g/mol. The quantitative estimate of drug-likeness (QED) is 0.772. The van der Waals surface area contributed by atoms with Gasteiger partial charge in [-0.15, -0.1) is 0 Å². The van der Waals surface area contributed by atoms with Crippen molar-refractivity contribution in [1.82, 2.24) is 5.32 Å². The van der Waals surface area contributed by atoms with Crippen LogP contribution in [0.15, 0.2) is 30.3 Å². The summed E-state index contributed by atoms with van der Waals surface area (Å²) in [4.78, 5) is 24.1. The Kier molecular flexibility index (Phi) is 7.95. The lowest BCUT2D eigenvalue weighted by Gasteiger charge is -2.22. The lowest BCUT2D eigenvalue weighted by Crippen LogP contribution is -2.44. The van der Waals surface area contributed by atoms with Gasteiger partial charge < -0.3 is 14.8 Å². The summed E-state index contributed by atoms with van der Waals surface area (Å²) in [6.45, 7) is 5.51. The number of hydrogen-bond acceptors (Lipinski definition) is 5. The summed E-state index contributed by atoms with van der Waals surface area (Å²) in [5.74, 6) is 0.287.